The number of benzene rings is 1. The fraction of sp³-hybridized carbons (Fsp3) is 0.333. The van der Waals surface area contributed by atoms with Gasteiger partial charge in [0.2, 0.25) is 5.89 Å². The third-order valence-corrected chi connectivity index (χ3v) is 2.38. The number of rotatable bonds is 4. The minimum Gasteiger partial charge on any atom is -0.484 e. The zero-order valence-corrected chi connectivity index (χ0v) is 9.93. The Bertz CT molecular complexity index is 508. The van der Waals surface area contributed by atoms with Gasteiger partial charge >= 0.3 is 0 Å². The fourth-order valence-electron chi connectivity index (χ4n) is 1.43. The van der Waals surface area contributed by atoms with E-state index in [2.05, 4.69) is 10.2 Å². The smallest absolute Gasteiger partial charge is 0.253 e. The van der Waals surface area contributed by atoms with Crippen molar-refractivity contribution in [3.8, 4) is 5.75 Å². The molecule has 0 radical (unpaired) electrons. The Balaban J connectivity index is 2.04. The van der Waals surface area contributed by atoms with E-state index >= 15 is 0 Å². The van der Waals surface area contributed by atoms with Crippen LogP contribution in [0, 0.1) is 13.8 Å². The molecule has 90 valence electrons. The lowest BCUT2D eigenvalue weighted by Gasteiger charge is -2.07. The molecular formula is C12H15N3O2. The Kier molecular flexibility index (Phi) is 3.39. The van der Waals surface area contributed by atoms with E-state index in [9.17, 15) is 0 Å². The lowest BCUT2D eigenvalue weighted by Crippen LogP contribution is -1.97. The van der Waals surface area contributed by atoms with Crippen molar-refractivity contribution in [1.29, 1.82) is 0 Å². The Labute approximate surface area is 99.6 Å². The van der Waals surface area contributed by atoms with Gasteiger partial charge in [0.05, 0.1) is 6.54 Å². The van der Waals surface area contributed by atoms with Crippen LogP contribution in [0.25, 0.3) is 0 Å². The maximum Gasteiger partial charge on any atom is 0.253 e. The van der Waals surface area contributed by atoms with Crippen molar-refractivity contribution in [2.24, 2.45) is 5.73 Å². The first-order valence-corrected chi connectivity index (χ1v) is 5.40. The summed E-state index contributed by atoms with van der Waals surface area (Å²) in [6.45, 7) is 4.52. The summed E-state index contributed by atoms with van der Waals surface area (Å²) < 4.78 is 10.9. The second-order valence-corrected chi connectivity index (χ2v) is 3.85. The molecule has 1 aromatic carbocycles. The number of nitrogens with two attached hydrogens (primary N) is 1. The largest absolute Gasteiger partial charge is 0.484 e. The molecule has 0 unspecified atom stereocenters. The summed E-state index contributed by atoms with van der Waals surface area (Å²) in [7, 11) is 0. The van der Waals surface area contributed by atoms with Gasteiger partial charge in [0.1, 0.15) is 5.75 Å². The van der Waals surface area contributed by atoms with Crippen LogP contribution in [0.4, 0.5) is 0 Å². The highest BCUT2D eigenvalue weighted by molar-refractivity contribution is 5.35. The molecule has 0 saturated carbocycles. The van der Waals surface area contributed by atoms with Crippen LogP contribution in [-0.4, -0.2) is 10.2 Å². The van der Waals surface area contributed by atoms with E-state index in [0.717, 1.165) is 16.9 Å². The SMILES string of the molecule is Cc1ccc(C)c(OCc2nnc(CN)o2)c1. The third-order valence-electron chi connectivity index (χ3n) is 2.38. The van der Waals surface area contributed by atoms with Gasteiger partial charge in [-0.15, -0.1) is 10.2 Å². The Morgan fingerprint density at radius 3 is 2.71 bits per heavy atom. The van der Waals surface area contributed by atoms with Crippen molar-refractivity contribution in [3.05, 3.63) is 41.1 Å². The number of hydrogen-bond acceptors (Lipinski definition) is 5. The van der Waals surface area contributed by atoms with Crippen LogP contribution in [0.2, 0.25) is 0 Å². The van der Waals surface area contributed by atoms with Crippen LogP contribution >= 0.6 is 0 Å². The molecule has 2 aromatic rings. The van der Waals surface area contributed by atoms with Crippen molar-refractivity contribution in [2.45, 2.75) is 27.0 Å². The highest BCUT2D eigenvalue weighted by Gasteiger charge is 2.06. The molecule has 0 spiro atoms. The molecule has 0 bridgehead atoms. The van der Waals surface area contributed by atoms with Crippen LogP contribution in [0.1, 0.15) is 22.9 Å². The van der Waals surface area contributed by atoms with E-state index < -0.39 is 0 Å². The molecule has 17 heavy (non-hydrogen) atoms. The Hall–Kier alpha value is -1.88. The predicted octanol–water partition coefficient (Wildman–Crippen LogP) is 1.72. The molecule has 0 atom stereocenters. The predicted molar refractivity (Wildman–Crippen MR) is 62.4 cm³/mol. The highest BCUT2D eigenvalue weighted by atomic mass is 16.5. The molecule has 0 amide bonds. The van der Waals surface area contributed by atoms with E-state index in [1.165, 1.54) is 0 Å². The fourth-order valence-corrected chi connectivity index (χ4v) is 1.43. The van der Waals surface area contributed by atoms with Crippen molar-refractivity contribution < 1.29 is 9.15 Å². The number of nitrogens with zero attached hydrogens (tertiary/aromatic N) is 2. The monoisotopic (exact) mass is 233 g/mol. The van der Waals surface area contributed by atoms with E-state index in [-0.39, 0.29) is 13.2 Å². The van der Waals surface area contributed by atoms with Crippen LogP contribution < -0.4 is 10.5 Å². The number of ether oxygens (including phenoxy) is 1. The van der Waals surface area contributed by atoms with Crippen molar-refractivity contribution in [3.63, 3.8) is 0 Å². The van der Waals surface area contributed by atoms with Gasteiger partial charge in [-0.1, -0.05) is 12.1 Å². The van der Waals surface area contributed by atoms with Crippen LogP contribution in [0.15, 0.2) is 22.6 Å². The first kappa shape index (κ1) is 11.6. The van der Waals surface area contributed by atoms with Crippen molar-refractivity contribution in [2.75, 3.05) is 0 Å². The lowest BCUT2D eigenvalue weighted by molar-refractivity contribution is 0.257. The van der Waals surface area contributed by atoms with Crippen molar-refractivity contribution in [1.82, 2.24) is 10.2 Å². The van der Waals surface area contributed by atoms with E-state index in [1.807, 2.05) is 32.0 Å². The zero-order valence-electron chi connectivity index (χ0n) is 9.93. The molecular weight excluding hydrogens is 218 g/mol. The third kappa shape index (κ3) is 2.82. The molecule has 1 heterocycles. The molecule has 5 nitrogen and oxygen atoms in total. The maximum atomic E-state index is 5.62. The Morgan fingerprint density at radius 1 is 1.24 bits per heavy atom. The topological polar surface area (TPSA) is 74.2 Å². The van der Waals surface area contributed by atoms with Gasteiger partial charge in [0.15, 0.2) is 6.61 Å². The summed E-state index contributed by atoms with van der Waals surface area (Å²) in [5, 5.41) is 7.60. The summed E-state index contributed by atoms with van der Waals surface area (Å²) in [4.78, 5) is 0. The second-order valence-electron chi connectivity index (χ2n) is 3.85. The lowest BCUT2D eigenvalue weighted by atomic mass is 10.1. The molecule has 0 aliphatic carbocycles. The van der Waals surface area contributed by atoms with Crippen LogP contribution in [-0.2, 0) is 13.2 Å². The maximum absolute atomic E-state index is 5.62. The van der Waals surface area contributed by atoms with Gasteiger partial charge in [-0.05, 0) is 31.0 Å². The quantitative estimate of drug-likeness (QED) is 0.870. The molecule has 1 aromatic heterocycles. The van der Waals surface area contributed by atoms with Gasteiger partial charge in [-0.2, -0.15) is 0 Å². The average Bonchev–Trinajstić information content (AvgIpc) is 2.78. The number of aromatic nitrogens is 2. The summed E-state index contributed by atoms with van der Waals surface area (Å²) in [5.74, 6) is 1.69. The standard InChI is InChI=1S/C12H15N3O2/c1-8-3-4-9(2)10(5-8)16-7-12-15-14-11(6-13)17-12/h3-5H,6-7,13H2,1-2H3. The van der Waals surface area contributed by atoms with Gasteiger partial charge < -0.3 is 14.9 Å². The summed E-state index contributed by atoms with van der Waals surface area (Å²) in [6, 6.07) is 6.04. The number of aryl methyl sites for hydroxylation is 2. The van der Waals surface area contributed by atoms with Gasteiger partial charge in [0, 0.05) is 0 Å². The molecule has 0 aliphatic heterocycles. The first-order chi connectivity index (χ1) is 8.19. The molecule has 2 rings (SSSR count). The van der Waals surface area contributed by atoms with Gasteiger partial charge in [0.25, 0.3) is 5.89 Å². The zero-order chi connectivity index (χ0) is 12.3. The molecule has 0 saturated heterocycles. The average molecular weight is 233 g/mol. The first-order valence-electron chi connectivity index (χ1n) is 5.40. The molecule has 5 heteroatoms. The minimum atomic E-state index is 0.247. The van der Waals surface area contributed by atoms with Crippen molar-refractivity contribution >= 4 is 0 Å². The van der Waals surface area contributed by atoms with E-state index in [0.29, 0.717) is 11.8 Å². The van der Waals surface area contributed by atoms with E-state index in [4.69, 9.17) is 14.9 Å². The normalized spacial score (nSPS) is 10.5. The molecule has 0 aliphatic rings. The summed E-state index contributed by atoms with van der Waals surface area (Å²) >= 11 is 0. The van der Waals surface area contributed by atoms with E-state index in [1.54, 1.807) is 0 Å². The van der Waals surface area contributed by atoms with Gasteiger partial charge in [-0.25, -0.2) is 0 Å². The Morgan fingerprint density at radius 2 is 2.00 bits per heavy atom. The molecule has 0 fully saturated rings. The van der Waals surface area contributed by atoms with Gasteiger partial charge in [-0.3, -0.25) is 0 Å². The highest BCUT2D eigenvalue weighted by Crippen LogP contribution is 2.20. The second kappa shape index (κ2) is 4.97. The summed E-state index contributed by atoms with van der Waals surface area (Å²) in [6.07, 6.45) is 0. The number of hydrogen-bond donors (Lipinski definition) is 1. The van der Waals surface area contributed by atoms with Crippen LogP contribution in [0.5, 0.6) is 5.75 Å². The summed E-state index contributed by atoms with van der Waals surface area (Å²) in [5.41, 5.74) is 7.61. The van der Waals surface area contributed by atoms with Crippen LogP contribution in [0.3, 0.4) is 0 Å². The minimum absolute atomic E-state index is 0.247. The molecule has 2 N–H and O–H groups in total.